The predicted octanol–water partition coefficient (Wildman–Crippen LogP) is 2.07. The molecule has 0 saturated heterocycles. The smallest absolute Gasteiger partial charge is 0.317 e. The summed E-state index contributed by atoms with van der Waals surface area (Å²) in [7, 11) is 1.75. The fourth-order valence-corrected chi connectivity index (χ4v) is 1.23. The second-order valence-corrected chi connectivity index (χ2v) is 5.01. The molecule has 0 rings (SSSR count). The average molecular weight is 244 g/mol. The summed E-state index contributed by atoms with van der Waals surface area (Å²) in [4.78, 5) is 23.9. The first-order valence-electron chi connectivity index (χ1n) is 5.96. The number of urea groups is 1. The van der Waals surface area contributed by atoms with Gasteiger partial charge in [0.25, 0.3) is 0 Å². The number of carbonyl (C=O) groups is 2. The number of hydrogen-bond donors (Lipinski definition) is 2. The Morgan fingerprint density at radius 3 is 2.35 bits per heavy atom. The van der Waals surface area contributed by atoms with Crippen molar-refractivity contribution in [2.45, 2.75) is 58.5 Å². The van der Waals surface area contributed by atoms with Crippen molar-refractivity contribution in [2.75, 3.05) is 7.05 Å². The fourth-order valence-electron chi connectivity index (χ4n) is 1.23. The molecule has 0 spiro atoms. The van der Waals surface area contributed by atoms with E-state index in [1.807, 2.05) is 27.7 Å². The third-order valence-corrected chi connectivity index (χ3v) is 3.24. The van der Waals surface area contributed by atoms with Crippen LogP contribution in [0.15, 0.2) is 0 Å². The van der Waals surface area contributed by atoms with Gasteiger partial charge in [0.05, 0.1) is 0 Å². The zero-order valence-electron chi connectivity index (χ0n) is 11.4. The van der Waals surface area contributed by atoms with Crippen molar-refractivity contribution in [2.24, 2.45) is 0 Å². The van der Waals surface area contributed by atoms with Crippen LogP contribution in [0.4, 0.5) is 4.79 Å². The SMILES string of the molecule is CCC(C)(C)N(C)C(=O)NC(C)CCC(=O)O. The van der Waals surface area contributed by atoms with E-state index in [1.54, 1.807) is 11.9 Å². The molecule has 17 heavy (non-hydrogen) atoms. The topological polar surface area (TPSA) is 69.6 Å². The summed E-state index contributed by atoms with van der Waals surface area (Å²) in [5.74, 6) is -0.839. The molecule has 0 fully saturated rings. The summed E-state index contributed by atoms with van der Waals surface area (Å²) >= 11 is 0. The molecule has 0 heterocycles. The summed E-state index contributed by atoms with van der Waals surface area (Å²) in [5.41, 5.74) is -0.198. The fraction of sp³-hybridized carbons (Fsp3) is 0.833. The first-order valence-corrected chi connectivity index (χ1v) is 5.96. The van der Waals surface area contributed by atoms with Crippen LogP contribution in [0.2, 0.25) is 0 Å². The van der Waals surface area contributed by atoms with Gasteiger partial charge in [0, 0.05) is 25.0 Å². The lowest BCUT2D eigenvalue weighted by molar-refractivity contribution is -0.137. The van der Waals surface area contributed by atoms with E-state index in [9.17, 15) is 9.59 Å². The molecule has 2 N–H and O–H groups in total. The zero-order chi connectivity index (χ0) is 13.6. The van der Waals surface area contributed by atoms with Gasteiger partial charge < -0.3 is 15.3 Å². The molecule has 0 radical (unpaired) electrons. The Bertz CT molecular complexity index is 277. The summed E-state index contributed by atoms with van der Waals surface area (Å²) in [6.07, 6.45) is 1.38. The summed E-state index contributed by atoms with van der Waals surface area (Å²) in [6, 6.07) is -0.288. The number of nitrogens with one attached hydrogen (secondary N) is 1. The van der Waals surface area contributed by atoms with Gasteiger partial charge in [-0.2, -0.15) is 0 Å². The molecule has 0 bridgehead atoms. The largest absolute Gasteiger partial charge is 0.481 e. The molecule has 2 amide bonds. The number of nitrogens with zero attached hydrogens (tertiary/aromatic N) is 1. The lowest BCUT2D eigenvalue weighted by Crippen LogP contribution is -2.51. The van der Waals surface area contributed by atoms with Crippen molar-refractivity contribution in [1.82, 2.24) is 10.2 Å². The predicted molar refractivity (Wildman–Crippen MR) is 67.0 cm³/mol. The average Bonchev–Trinajstić information content (AvgIpc) is 2.25. The lowest BCUT2D eigenvalue weighted by atomic mass is 10.0. The van der Waals surface area contributed by atoms with Gasteiger partial charge in [-0.05, 0) is 33.6 Å². The molecule has 0 aromatic rings. The van der Waals surface area contributed by atoms with Crippen LogP contribution in [-0.4, -0.2) is 40.6 Å². The molecule has 5 nitrogen and oxygen atoms in total. The molecule has 0 aromatic carbocycles. The molecule has 0 aliphatic rings. The minimum atomic E-state index is -0.839. The van der Waals surface area contributed by atoms with Crippen LogP contribution in [0.25, 0.3) is 0 Å². The van der Waals surface area contributed by atoms with Crippen LogP contribution < -0.4 is 5.32 Å². The quantitative estimate of drug-likeness (QED) is 0.751. The van der Waals surface area contributed by atoms with Crippen LogP contribution >= 0.6 is 0 Å². The van der Waals surface area contributed by atoms with E-state index in [0.29, 0.717) is 6.42 Å². The molecule has 5 heteroatoms. The van der Waals surface area contributed by atoms with Crippen molar-refractivity contribution >= 4 is 12.0 Å². The van der Waals surface area contributed by atoms with Gasteiger partial charge in [0.2, 0.25) is 0 Å². The van der Waals surface area contributed by atoms with Gasteiger partial charge >= 0.3 is 12.0 Å². The minimum absolute atomic E-state index is 0.0718. The third kappa shape index (κ3) is 5.56. The summed E-state index contributed by atoms with van der Waals surface area (Å²) < 4.78 is 0. The van der Waals surface area contributed by atoms with Crippen LogP contribution in [0.3, 0.4) is 0 Å². The highest BCUT2D eigenvalue weighted by atomic mass is 16.4. The van der Waals surface area contributed by atoms with E-state index in [1.165, 1.54) is 0 Å². The Hall–Kier alpha value is -1.26. The van der Waals surface area contributed by atoms with Crippen LogP contribution in [0.1, 0.15) is 47.0 Å². The van der Waals surface area contributed by atoms with Gasteiger partial charge in [0.15, 0.2) is 0 Å². The van der Waals surface area contributed by atoms with Crippen molar-refractivity contribution < 1.29 is 14.7 Å². The highest BCUT2D eigenvalue weighted by Crippen LogP contribution is 2.16. The number of carboxylic acids is 1. The summed E-state index contributed by atoms with van der Waals surface area (Å²) in [6.45, 7) is 7.83. The molecule has 100 valence electrons. The number of hydrogen-bond acceptors (Lipinski definition) is 2. The molecule has 1 atom stereocenters. The van der Waals surface area contributed by atoms with Gasteiger partial charge in [-0.25, -0.2) is 4.79 Å². The van der Waals surface area contributed by atoms with Gasteiger partial charge in [-0.1, -0.05) is 6.92 Å². The monoisotopic (exact) mass is 244 g/mol. The number of carbonyl (C=O) groups excluding carboxylic acids is 1. The molecule has 0 aromatic heterocycles. The molecule has 1 unspecified atom stereocenters. The number of aliphatic carboxylic acids is 1. The molecule has 0 saturated carbocycles. The van der Waals surface area contributed by atoms with E-state index in [0.717, 1.165) is 6.42 Å². The maximum atomic E-state index is 11.9. The van der Waals surface area contributed by atoms with E-state index in [-0.39, 0.29) is 24.0 Å². The van der Waals surface area contributed by atoms with E-state index < -0.39 is 5.97 Å². The number of rotatable bonds is 6. The Labute approximate surface area is 103 Å². The van der Waals surface area contributed by atoms with Gasteiger partial charge in [-0.3, -0.25) is 4.79 Å². The minimum Gasteiger partial charge on any atom is -0.481 e. The molecular weight excluding hydrogens is 220 g/mol. The van der Waals surface area contributed by atoms with Crippen molar-refractivity contribution in [3.8, 4) is 0 Å². The Morgan fingerprint density at radius 2 is 1.94 bits per heavy atom. The van der Waals surface area contributed by atoms with Gasteiger partial charge in [-0.15, -0.1) is 0 Å². The van der Waals surface area contributed by atoms with E-state index in [4.69, 9.17) is 5.11 Å². The molecular formula is C12H24N2O3. The van der Waals surface area contributed by atoms with Crippen LogP contribution in [-0.2, 0) is 4.79 Å². The van der Waals surface area contributed by atoms with E-state index >= 15 is 0 Å². The first kappa shape index (κ1) is 15.7. The highest BCUT2D eigenvalue weighted by Gasteiger charge is 2.26. The van der Waals surface area contributed by atoms with Crippen molar-refractivity contribution in [3.63, 3.8) is 0 Å². The maximum absolute atomic E-state index is 11.9. The van der Waals surface area contributed by atoms with Gasteiger partial charge in [0.1, 0.15) is 0 Å². The lowest BCUT2D eigenvalue weighted by Gasteiger charge is -2.35. The second kappa shape index (κ2) is 6.47. The summed E-state index contributed by atoms with van der Waals surface area (Å²) in [5, 5.41) is 11.3. The van der Waals surface area contributed by atoms with Crippen LogP contribution in [0.5, 0.6) is 0 Å². The third-order valence-electron chi connectivity index (χ3n) is 3.24. The molecule has 0 aliphatic carbocycles. The molecule has 0 aliphatic heterocycles. The normalized spacial score (nSPS) is 13.0. The van der Waals surface area contributed by atoms with Crippen molar-refractivity contribution in [1.29, 1.82) is 0 Å². The Kier molecular flexibility index (Phi) is 5.99. The van der Waals surface area contributed by atoms with E-state index in [2.05, 4.69) is 5.32 Å². The highest BCUT2D eigenvalue weighted by molar-refractivity contribution is 5.75. The first-order chi connectivity index (χ1) is 7.70. The standard InChI is InChI=1S/C12H24N2O3/c1-6-12(3,4)14(5)11(17)13-9(2)7-8-10(15)16/h9H,6-8H2,1-5H3,(H,13,17)(H,15,16). The van der Waals surface area contributed by atoms with Crippen molar-refractivity contribution in [3.05, 3.63) is 0 Å². The number of amides is 2. The Morgan fingerprint density at radius 1 is 1.41 bits per heavy atom. The number of carboxylic acid groups (broad SMARTS) is 1. The zero-order valence-corrected chi connectivity index (χ0v) is 11.4. The maximum Gasteiger partial charge on any atom is 0.317 e. The van der Waals surface area contributed by atoms with Crippen LogP contribution in [0, 0.1) is 0 Å². The Balaban J connectivity index is 4.21. The second-order valence-electron chi connectivity index (χ2n) is 5.01.